The van der Waals surface area contributed by atoms with E-state index in [9.17, 15) is 0 Å². The van der Waals surface area contributed by atoms with Gasteiger partial charge in [-0.3, -0.25) is 0 Å². The summed E-state index contributed by atoms with van der Waals surface area (Å²) in [4.78, 5) is 0. The van der Waals surface area contributed by atoms with Crippen molar-refractivity contribution in [1.82, 2.24) is 0 Å². The first kappa shape index (κ1) is 27.3. The average molecular weight is 431 g/mol. The maximum Gasteiger partial charge on any atom is 0.115 e. The molecule has 174 valence electrons. The Labute approximate surface area is 187 Å². The molecule has 4 heteroatoms. The van der Waals surface area contributed by atoms with Gasteiger partial charge in [0.05, 0.1) is 20.3 Å². The van der Waals surface area contributed by atoms with Crippen LogP contribution in [0.4, 0.5) is 0 Å². The van der Waals surface area contributed by atoms with Crippen molar-refractivity contribution in [3.8, 4) is 0 Å². The van der Waals surface area contributed by atoms with Crippen molar-refractivity contribution in [1.29, 1.82) is 0 Å². The molecule has 1 aliphatic heterocycles. The highest BCUT2D eigenvalue weighted by molar-refractivity contribution is 7.99. The van der Waals surface area contributed by atoms with Crippen LogP contribution in [0, 0.1) is 0 Å². The van der Waals surface area contributed by atoms with Gasteiger partial charge < -0.3 is 14.0 Å². The van der Waals surface area contributed by atoms with Crippen molar-refractivity contribution >= 4 is 11.8 Å². The van der Waals surface area contributed by atoms with Gasteiger partial charge in [0.2, 0.25) is 0 Å². The number of quaternary nitrogens is 1. The van der Waals surface area contributed by atoms with Crippen LogP contribution in [0.2, 0.25) is 0 Å². The fraction of sp³-hybridized carbons (Fsp3) is 1.00. The zero-order valence-electron chi connectivity index (χ0n) is 20.1. The van der Waals surface area contributed by atoms with Crippen molar-refractivity contribution in [2.75, 3.05) is 58.5 Å². The summed E-state index contributed by atoms with van der Waals surface area (Å²) in [6.45, 7) is 7.49. The molecule has 3 nitrogen and oxygen atoms in total. The first-order chi connectivity index (χ1) is 14.2. The van der Waals surface area contributed by atoms with E-state index in [-0.39, 0.29) is 0 Å². The first-order valence-corrected chi connectivity index (χ1v) is 13.9. The van der Waals surface area contributed by atoms with E-state index in [1.807, 2.05) is 7.11 Å². The normalized spacial score (nSPS) is 17.5. The van der Waals surface area contributed by atoms with E-state index in [0.29, 0.717) is 6.10 Å². The van der Waals surface area contributed by atoms with E-state index in [1.54, 1.807) is 0 Å². The molecule has 0 amide bonds. The van der Waals surface area contributed by atoms with E-state index in [2.05, 4.69) is 25.7 Å². The topological polar surface area (TPSA) is 18.5 Å². The summed E-state index contributed by atoms with van der Waals surface area (Å²) in [5, 5.41) is 0. The minimum absolute atomic E-state index is 0.384. The van der Waals surface area contributed by atoms with Crippen molar-refractivity contribution in [2.45, 2.75) is 103 Å². The van der Waals surface area contributed by atoms with Crippen LogP contribution in [0.15, 0.2) is 0 Å². The third-order valence-corrected chi connectivity index (χ3v) is 7.66. The summed E-state index contributed by atoms with van der Waals surface area (Å²) >= 11 is 2.09. The van der Waals surface area contributed by atoms with E-state index < -0.39 is 0 Å². The van der Waals surface area contributed by atoms with Gasteiger partial charge in [0, 0.05) is 12.9 Å². The summed E-state index contributed by atoms with van der Waals surface area (Å²) in [6, 6.07) is 0. The molecule has 0 aromatic carbocycles. The molecular formula is C25H52NO2S+. The lowest BCUT2D eigenvalue weighted by Gasteiger charge is -2.39. The second-order valence-corrected chi connectivity index (χ2v) is 10.5. The SMILES string of the molecule is CCCCCCCCCCCCCCCCSCC(C[N+]1(C)CCOCC1)OC. The molecule has 1 heterocycles. The van der Waals surface area contributed by atoms with Crippen LogP contribution < -0.4 is 0 Å². The van der Waals surface area contributed by atoms with Gasteiger partial charge in [0.15, 0.2) is 0 Å². The predicted molar refractivity (Wildman–Crippen MR) is 130 cm³/mol. The summed E-state index contributed by atoms with van der Waals surface area (Å²) in [5.41, 5.74) is 0. The number of morpholine rings is 1. The van der Waals surface area contributed by atoms with Crippen molar-refractivity contribution in [2.24, 2.45) is 0 Å². The van der Waals surface area contributed by atoms with Gasteiger partial charge in [-0.05, 0) is 12.2 Å². The number of hydrogen-bond acceptors (Lipinski definition) is 3. The van der Waals surface area contributed by atoms with Gasteiger partial charge in [-0.2, -0.15) is 11.8 Å². The summed E-state index contributed by atoms with van der Waals surface area (Å²) in [7, 11) is 4.23. The number of likely N-dealkylation sites (N-methyl/N-ethyl adjacent to an activating group) is 1. The summed E-state index contributed by atoms with van der Waals surface area (Å²) < 4.78 is 12.4. The molecule has 0 radical (unpaired) electrons. The molecule has 1 atom stereocenters. The third-order valence-electron chi connectivity index (χ3n) is 6.47. The monoisotopic (exact) mass is 430 g/mol. The lowest BCUT2D eigenvalue weighted by Crippen LogP contribution is -2.55. The highest BCUT2D eigenvalue weighted by Crippen LogP contribution is 2.16. The number of hydrogen-bond donors (Lipinski definition) is 0. The second-order valence-electron chi connectivity index (χ2n) is 9.39. The number of nitrogens with zero attached hydrogens (tertiary/aromatic N) is 1. The van der Waals surface area contributed by atoms with Gasteiger partial charge in [-0.25, -0.2) is 0 Å². The molecule has 1 saturated heterocycles. The van der Waals surface area contributed by atoms with Crippen molar-refractivity contribution < 1.29 is 14.0 Å². The molecule has 0 N–H and O–H groups in total. The highest BCUT2D eigenvalue weighted by atomic mass is 32.2. The molecule has 0 saturated carbocycles. The zero-order valence-corrected chi connectivity index (χ0v) is 20.9. The fourth-order valence-electron chi connectivity index (χ4n) is 4.27. The Morgan fingerprint density at radius 3 is 1.76 bits per heavy atom. The first-order valence-electron chi connectivity index (χ1n) is 12.7. The number of methoxy groups -OCH3 is 1. The Hall–Kier alpha value is 0.230. The highest BCUT2D eigenvalue weighted by Gasteiger charge is 2.28. The molecule has 1 fully saturated rings. The van der Waals surface area contributed by atoms with Crippen LogP contribution in [0.25, 0.3) is 0 Å². The largest absolute Gasteiger partial charge is 0.375 e. The summed E-state index contributed by atoms with van der Waals surface area (Å²) in [6.07, 6.45) is 20.5. The lowest BCUT2D eigenvalue weighted by atomic mass is 10.0. The number of unbranched alkanes of at least 4 members (excludes halogenated alkanes) is 13. The Bertz CT molecular complexity index is 348. The zero-order chi connectivity index (χ0) is 21.0. The van der Waals surface area contributed by atoms with E-state index >= 15 is 0 Å². The molecule has 0 aromatic heterocycles. The molecule has 1 aliphatic rings. The predicted octanol–water partition coefficient (Wildman–Crippen LogP) is 6.69. The minimum atomic E-state index is 0.384. The number of rotatable bonds is 20. The Kier molecular flexibility index (Phi) is 17.8. The maximum atomic E-state index is 5.77. The Morgan fingerprint density at radius 2 is 1.28 bits per heavy atom. The van der Waals surface area contributed by atoms with E-state index in [4.69, 9.17) is 9.47 Å². The second kappa shape index (κ2) is 19.0. The molecule has 0 aromatic rings. The van der Waals surface area contributed by atoms with E-state index in [0.717, 1.165) is 43.1 Å². The molecule has 0 aliphatic carbocycles. The third kappa shape index (κ3) is 15.6. The molecule has 0 spiro atoms. The van der Waals surface area contributed by atoms with Crippen molar-refractivity contribution in [3.63, 3.8) is 0 Å². The van der Waals surface area contributed by atoms with Gasteiger partial charge >= 0.3 is 0 Å². The molecule has 1 rings (SSSR count). The van der Waals surface area contributed by atoms with E-state index in [1.165, 1.54) is 95.6 Å². The van der Waals surface area contributed by atoms with Crippen LogP contribution in [0.3, 0.4) is 0 Å². The smallest absolute Gasteiger partial charge is 0.115 e. The molecule has 1 unspecified atom stereocenters. The standard InChI is InChI=1S/C25H52NO2S/c1-4-5-6-7-8-9-10-11-12-13-14-15-16-17-22-29-24-25(27-3)23-26(2)18-20-28-21-19-26/h25H,4-24H2,1-3H3/q+1. The van der Waals surface area contributed by atoms with Gasteiger partial charge in [-0.1, -0.05) is 90.4 Å². The van der Waals surface area contributed by atoms with Gasteiger partial charge in [0.25, 0.3) is 0 Å². The van der Waals surface area contributed by atoms with Crippen LogP contribution in [-0.4, -0.2) is 69.1 Å². The molecule has 29 heavy (non-hydrogen) atoms. The quantitative estimate of drug-likeness (QED) is 0.158. The average Bonchev–Trinajstić information content (AvgIpc) is 2.73. The molecule has 0 bridgehead atoms. The van der Waals surface area contributed by atoms with Gasteiger partial charge in [0.1, 0.15) is 25.7 Å². The Balaban J connectivity index is 1.83. The Morgan fingerprint density at radius 1 is 0.793 bits per heavy atom. The van der Waals surface area contributed by atoms with Gasteiger partial charge in [-0.15, -0.1) is 0 Å². The fourth-order valence-corrected chi connectivity index (χ4v) is 5.35. The van der Waals surface area contributed by atoms with Crippen molar-refractivity contribution in [3.05, 3.63) is 0 Å². The maximum absolute atomic E-state index is 5.77. The number of ether oxygens (including phenoxy) is 2. The van der Waals surface area contributed by atoms with Crippen LogP contribution in [0.1, 0.15) is 96.8 Å². The van der Waals surface area contributed by atoms with Crippen LogP contribution in [0.5, 0.6) is 0 Å². The lowest BCUT2D eigenvalue weighted by molar-refractivity contribution is -0.919. The van der Waals surface area contributed by atoms with Crippen LogP contribution >= 0.6 is 11.8 Å². The van der Waals surface area contributed by atoms with Crippen LogP contribution in [-0.2, 0) is 9.47 Å². The number of thioether (sulfide) groups is 1. The molecular weight excluding hydrogens is 378 g/mol. The summed E-state index contributed by atoms with van der Waals surface area (Å²) in [5.74, 6) is 2.44. The minimum Gasteiger partial charge on any atom is -0.375 e.